The number of rotatable bonds is 4. The van der Waals surface area contributed by atoms with Crippen molar-refractivity contribution in [1.82, 2.24) is 10.2 Å². The van der Waals surface area contributed by atoms with Crippen LogP contribution in [-0.4, -0.2) is 10.2 Å². The van der Waals surface area contributed by atoms with Crippen LogP contribution in [0.5, 0.6) is 5.75 Å². The molecule has 3 rings (SSSR count). The third-order valence-electron chi connectivity index (χ3n) is 3.31. The summed E-state index contributed by atoms with van der Waals surface area (Å²) in [6.07, 6.45) is 0. The third kappa shape index (κ3) is 3.14. The van der Waals surface area contributed by atoms with E-state index in [9.17, 15) is 4.39 Å². The minimum Gasteiger partial charge on any atom is -0.488 e. The van der Waals surface area contributed by atoms with Gasteiger partial charge in [-0.3, -0.25) is 5.10 Å². The van der Waals surface area contributed by atoms with E-state index in [1.807, 2.05) is 37.3 Å². The molecule has 0 fully saturated rings. The van der Waals surface area contributed by atoms with Crippen molar-refractivity contribution in [2.75, 3.05) is 0 Å². The van der Waals surface area contributed by atoms with Crippen molar-refractivity contribution in [3.05, 3.63) is 69.2 Å². The normalized spacial score (nSPS) is 10.7. The van der Waals surface area contributed by atoms with E-state index < -0.39 is 0 Å². The molecule has 112 valence electrons. The molecule has 3 aromatic rings. The van der Waals surface area contributed by atoms with Gasteiger partial charge in [0.05, 0.1) is 3.57 Å². The molecule has 1 heterocycles. The van der Waals surface area contributed by atoms with Crippen molar-refractivity contribution < 1.29 is 9.13 Å². The van der Waals surface area contributed by atoms with E-state index in [4.69, 9.17) is 4.74 Å². The SMILES string of the molecule is Cc1[nH]nc(-c2cc(F)ccc2OCc2ccccc2)c1I. The largest absolute Gasteiger partial charge is 0.488 e. The second kappa shape index (κ2) is 6.48. The van der Waals surface area contributed by atoms with E-state index in [0.717, 1.165) is 14.8 Å². The topological polar surface area (TPSA) is 37.9 Å². The Morgan fingerprint density at radius 3 is 2.64 bits per heavy atom. The first-order valence-electron chi connectivity index (χ1n) is 6.82. The van der Waals surface area contributed by atoms with Gasteiger partial charge >= 0.3 is 0 Å². The number of benzene rings is 2. The average molecular weight is 408 g/mol. The van der Waals surface area contributed by atoms with Crippen LogP contribution in [0.3, 0.4) is 0 Å². The van der Waals surface area contributed by atoms with Crippen LogP contribution in [-0.2, 0) is 6.61 Å². The molecule has 0 saturated carbocycles. The van der Waals surface area contributed by atoms with Gasteiger partial charge in [-0.1, -0.05) is 30.3 Å². The molecule has 0 aliphatic carbocycles. The molecule has 1 N–H and O–H groups in total. The Bertz CT molecular complexity index is 787. The van der Waals surface area contributed by atoms with Crippen molar-refractivity contribution in [2.45, 2.75) is 13.5 Å². The zero-order chi connectivity index (χ0) is 15.5. The van der Waals surface area contributed by atoms with Crippen LogP contribution in [0.15, 0.2) is 48.5 Å². The summed E-state index contributed by atoms with van der Waals surface area (Å²) in [6, 6.07) is 14.4. The average Bonchev–Trinajstić information content (AvgIpc) is 2.87. The molecular formula is C17H14FIN2O. The number of nitrogens with zero attached hydrogens (tertiary/aromatic N) is 1. The number of hydrogen-bond acceptors (Lipinski definition) is 2. The van der Waals surface area contributed by atoms with Crippen molar-refractivity contribution in [3.8, 4) is 17.0 Å². The van der Waals surface area contributed by atoms with Gasteiger partial charge in [0.25, 0.3) is 0 Å². The molecule has 3 nitrogen and oxygen atoms in total. The minimum atomic E-state index is -0.307. The standard InChI is InChI=1S/C17H14FIN2O/c1-11-16(19)17(21-20-11)14-9-13(18)7-8-15(14)22-10-12-5-3-2-4-6-12/h2-9H,10H2,1H3,(H,20,21). The highest BCUT2D eigenvalue weighted by Gasteiger charge is 2.15. The predicted molar refractivity (Wildman–Crippen MR) is 92.2 cm³/mol. The maximum Gasteiger partial charge on any atom is 0.129 e. The van der Waals surface area contributed by atoms with Gasteiger partial charge in [0, 0.05) is 11.3 Å². The Hall–Kier alpha value is -1.89. The van der Waals surface area contributed by atoms with Crippen molar-refractivity contribution in [1.29, 1.82) is 0 Å². The van der Waals surface area contributed by atoms with Crippen LogP contribution in [0.4, 0.5) is 4.39 Å². The molecule has 0 spiro atoms. The van der Waals surface area contributed by atoms with Gasteiger partial charge in [-0.2, -0.15) is 5.10 Å². The molecule has 22 heavy (non-hydrogen) atoms. The second-order valence-corrected chi connectivity index (χ2v) is 6.00. The smallest absolute Gasteiger partial charge is 0.129 e. The summed E-state index contributed by atoms with van der Waals surface area (Å²) in [4.78, 5) is 0. The number of hydrogen-bond donors (Lipinski definition) is 1. The zero-order valence-corrected chi connectivity index (χ0v) is 14.1. The lowest BCUT2D eigenvalue weighted by atomic mass is 10.1. The van der Waals surface area contributed by atoms with E-state index in [0.29, 0.717) is 23.6 Å². The second-order valence-electron chi connectivity index (χ2n) is 4.93. The zero-order valence-electron chi connectivity index (χ0n) is 11.9. The monoisotopic (exact) mass is 408 g/mol. The first-order valence-corrected chi connectivity index (χ1v) is 7.90. The Morgan fingerprint density at radius 1 is 1.18 bits per heavy atom. The molecule has 2 aromatic carbocycles. The van der Waals surface area contributed by atoms with Crippen molar-refractivity contribution >= 4 is 22.6 Å². The molecule has 0 aliphatic heterocycles. The molecule has 0 unspecified atom stereocenters. The lowest BCUT2D eigenvalue weighted by Crippen LogP contribution is -1.98. The van der Waals surface area contributed by atoms with Gasteiger partial charge in [0.15, 0.2) is 0 Å². The summed E-state index contributed by atoms with van der Waals surface area (Å²) in [5.74, 6) is 0.313. The molecule has 0 amide bonds. The minimum absolute atomic E-state index is 0.307. The maximum atomic E-state index is 13.6. The fourth-order valence-corrected chi connectivity index (χ4v) is 2.67. The number of ether oxygens (including phenoxy) is 1. The molecule has 0 saturated heterocycles. The third-order valence-corrected chi connectivity index (χ3v) is 4.63. The quantitative estimate of drug-likeness (QED) is 0.636. The summed E-state index contributed by atoms with van der Waals surface area (Å²) in [6.45, 7) is 2.36. The molecule has 5 heteroatoms. The first-order chi connectivity index (χ1) is 10.6. The van der Waals surface area contributed by atoms with Crippen molar-refractivity contribution in [3.63, 3.8) is 0 Å². The number of aromatic nitrogens is 2. The van der Waals surface area contributed by atoms with Gasteiger partial charge in [-0.15, -0.1) is 0 Å². The Morgan fingerprint density at radius 2 is 1.95 bits per heavy atom. The summed E-state index contributed by atoms with van der Waals surface area (Å²) >= 11 is 2.20. The van der Waals surface area contributed by atoms with E-state index in [2.05, 4.69) is 32.8 Å². The van der Waals surface area contributed by atoms with Crippen LogP contribution in [0.2, 0.25) is 0 Å². The highest BCUT2D eigenvalue weighted by atomic mass is 127. The van der Waals surface area contributed by atoms with Gasteiger partial charge in [0.2, 0.25) is 0 Å². The van der Waals surface area contributed by atoms with Crippen LogP contribution < -0.4 is 4.74 Å². The highest BCUT2D eigenvalue weighted by molar-refractivity contribution is 14.1. The molecule has 0 aliphatic rings. The van der Waals surface area contributed by atoms with Crippen LogP contribution in [0, 0.1) is 16.3 Å². The summed E-state index contributed by atoms with van der Waals surface area (Å²) in [7, 11) is 0. The van der Waals surface area contributed by atoms with Crippen LogP contribution in [0.1, 0.15) is 11.3 Å². The Kier molecular flexibility index (Phi) is 4.42. The molecule has 1 aromatic heterocycles. The maximum absolute atomic E-state index is 13.6. The lowest BCUT2D eigenvalue weighted by molar-refractivity contribution is 0.307. The lowest BCUT2D eigenvalue weighted by Gasteiger charge is -2.11. The highest BCUT2D eigenvalue weighted by Crippen LogP contribution is 2.33. The predicted octanol–water partition coefficient (Wildman–Crippen LogP) is 4.71. The van der Waals surface area contributed by atoms with Gasteiger partial charge in [0.1, 0.15) is 23.9 Å². The van der Waals surface area contributed by atoms with Crippen LogP contribution >= 0.6 is 22.6 Å². The van der Waals surface area contributed by atoms with E-state index in [1.165, 1.54) is 12.1 Å². The van der Waals surface area contributed by atoms with E-state index >= 15 is 0 Å². The fourth-order valence-electron chi connectivity index (χ4n) is 2.14. The van der Waals surface area contributed by atoms with Gasteiger partial charge < -0.3 is 4.74 Å². The van der Waals surface area contributed by atoms with Crippen molar-refractivity contribution in [2.24, 2.45) is 0 Å². The van der Waals surface area contributed by atoms with E-state index in [1.54, 1.807) is 6.07 Å². The van der Waals surface area contributed by atoms with E-state index in [-0.39, 0.29) is 5.82 Å². The Balaban J connectivity index is 1.93. The molecular weight excluding hydrogens is 394 g/mol. The number of H-pyrrole nitrogens is 1. The Labute approximate surface area is 141 Å². The number of aromatic amines is 1. The number of halogens is 2. The summed E-state index contributed by atoms with van der Waals surface area (Å²) in [5.41, 5.74) is 3.38. The van der Waals surface area contributed by atoms with Crippen LogP contribution in [0.25, 0.3) is 11.3 Å². The number of aryl methyl sites for hydroxylation is 1. The fraction of sp³-hybridized carbons (Fsp3) is 0.118. The van der Waals surface area contributed by atoms with Gasteiger partial charge in [-0.05, 0) is 53.3 Å². The summed E-state index contributed by atoms with van der Waals surface area (Å²) < 4.78 is 20.5. The van der Waals surface area contributed by atoms with Gasteiger partial charge in [-0.25, -0.2) is 4.39 Å². The first kappa shape index (κ1) is 15.0. The molecule has 0 radical (unpaired) electrons. The summed E-state index contributed by atoms with van der Waals surface area (Å²) in [5, 5.41) is 7.18. The number of nitrogens with one attached hydrogen (secondary N) is 1. The molecule has 0 bridgehead atoms. The molecule has 0 atom stereocenters.